The van der Waals surface area contributed by atoms with Gasteiger partial charge in [-0.25, -0.2) is 0 Å². The minimum Gasteiger partial charge on any atom is -0.379 e. The largest absolute Gasteiger partial charge is 0.379 e. The Morgan fingerprint density at radius 1 is 0.192 bits per heavy atom. The number of ether oxygens (including phenoxy) is 15. The van der Waals surface area contributed by atoms with Gasteiger partial charge in [0.2, 0.25) is 0 Å². The molecule has 0 aliphatic rings. The van der Waals surface area contributed by atoms with Gasteiger partial charge < -0.3 is 88.3 Å². The van der Waals surface area contributed by atoms with Crippen LogP contribution >= 0.6 is 0 Å². The quantitative estimate of drug-likeness (QED) is 0.0616. The Bertz CT molecular complexity index is 558. The number of nitrogens with two attached hydrogens (primary N) is 3. The molecule has 0 aliphatic heterocycles. The van der Waals surface area contributed by atoms with Crippen LogP contribution in [0.2, 0.25) is 0 Å². The third-order valence-corrected chi connectivity index (χ3v) is 6.31. The molecule has 0 saturated carbocycles. The molecule has 0 amide bonds. The number of hydrogen-bond acceptors (Lipinski definition) is 18. The van der Waals surface area contributed by atoms with Crippen molar-refractivity contribution in [3.63, 3.8) is 0 Å². The van der Waals surface area contributed by atoms with Crippen LogP contribution in [0.5, 0.6) is 0 Å². The first-order chi connectivity index (χ1) is 25.8. The molecular weight excluding hydrogens is 690 g/mol. The van der Waals surface area contributed by atoms with Gasteiger partial charge in [0.05, 0.1) is 198 Å². The van der Waals surface area contributed by atoms with E-state index < -0.39 is 0 Å². The SMILES string of the molecule is NCCOCCOCCOCCOCCOCC(COCCOCCOCCOCCOCCN)COCCOCCOCCOCCOCCN. The van der Waals surface area contributed by atoms with Crippen LogP contribution in [-0.4, -0.2) is 218 Å². The Balaban J connectivity index is 3.94. The summed E-state index contributed by atoms with van der Waals surface area (Å²) in [6.07, 6.45) is 0. The lowest BCUT2D eigenvalue weighted by Crippen LogP contribution is -2.25. The van der Waals surface area contributed by atoms with E-state index in [4.69, 9.17) is 88.3 Å². The minimum atomic E-state index is 0.0390. The van der Waals surface area contributed by atoms with Crippen molar-refractivity contribution in [2.45, 2.75) is 0 Å². The lowest BCUT2D eigenvalue weighted by atomic mass is 10.2. The second-order valence-corrected chi connectivity index (χ2v) is 10.8. The third kappa shape index (κ3) is 45.4. The molecule has 18 heteroatoms. The summed E-state index contributed by atoms with van der Waals surface area (Å²) in [6, 6.07) is 0. The van der Waals surface area contributed by atoms with Gasteiger partial charge in [0.15, 0.2) is 0 Å². The maximum atomic E-state index is 5.84. The van der Waals surface area contributed by atoms with Crippen molar-refractivity contribution in [3.8, 4) is 0 Å². The van der Waals surface area contributed by atoms with Crippen molar-refractivity contribution in [1.82, 2.24) is 0 Å². The predicted octanol–water partition coefficient (Wildman–Crippen LogP) is -1.27. The average molecular weight is 764 g/mol. The lowest BCUT2D eigenvalue weighted by molar-refractivity contribution is -0.0475. The normalized spacial score (nSPS) is 11.8. The van der Waals surface area contributed by atoms with Gasteiger partial charge in [-0.2, -0.15) is 0 Å². The van der Waals surface area contributed by atoms with E-state index in [-0.39, 0.29) is 5.92 Å². The summed E-state index contributed by atoms with van der Waals surface area (Å²) >= 11 is 0. The smallest absolute Gasteiger partial charge is 0.0701 e. The highest BCUT2D eigenvalue weighted by Crippen LogP contribution is 2.02. The van der Waals surface area contributed by atoms with E-state index in [9.17, 15) is 0 Å². The average Bonchev–Trinajstić information content (AvgIpc) is 3.15. The van der Waals surface area contributed by atoms with Gasteiger partial charge in [0.25, 0.3) is 0 Å². The van der Waals surface area contributed by atoms with Gasteiger partial charge in [0, 0.05) is 25.6 Å². The van der Waals surface area contributed by atoms with Gasteiger partial charge >= 0.3 is 0 Å². The van der Waals surface area contributed by atoms with Crippen molar-refractivity contribution in [2.75, 3.05) is 218 Å². The molecule has 0 fully saturated rings. The van der Waals surface area contributed by atoms with Crippen LogP contribution < -0.4 is 17.2 Å². The van der Waals surface area contributed by atoms with Crippen molar-refractivity contribution in [2.24, 2.45) is 23.1 Å². The Labute approximate surface area is 312 Å². The molecule has 0 saturated heterocycles. The first kappa shape index (κ1) is 51.3. The molecule has 0 unspecified atom stereocenters. The Kier molecular flexibility index (Phi) is 47.6. The summed E-state index contributed by atoms with van der Waals surface area (Å²) in [5, 5.41) is 0. The predicted molar refractivity (Wildman–Crippen MR) is 193 cm³/mol. The van der Waals surface area contributed by atoms with Gasteiger partial charge in [-0.05, 0) is 0 Å². The molecule has 0 aliphatic carbocycles. The first-order valence-corrected chi connectivity index (χ1v) is 18.6. The van der Waals surface area contributed by atoms with E-state index in [1.807, 2.05) is 0 Å². The van der Waals surface area contributed by atoms with Crippen LogP contribution in [0.1, 0.15) is 0 Å². The van der Waals surface area contributed by atoms with E-state index in [0.717, 1.165) is 0 Å². The standard InChI is InChI=1S/C34H73N3O15/c35-1-4-38-7-10-41-13-16-44-19-22-47-25-28-50-31-34(32-51-29-26-48-23-20-45-17-14-42-11-8-39-5-2-36)33-52-30-27-49-24-21-46-18-15-43-12-9-40-6-3-37/h34H,1-33,35-37H2. The zero-order chi connectivity index (χ0) is 37.5. The summed E-state index contributed by atoms with van der Waals surface area (Å²) in [7, 11) is 0. The number of rotatable bonds is 48. The molecule has 0 heterocycles. The first-order valence-electron chi connectivity index (χ1n) is 18.6. The zero-order valence-corrected chi connectivity index (χ0v) is 31.8. The maximum absolute atomic E-state index is 5.84. The number of hydrogen-bond donors (Lipinski definition) is 3. The molecule has 0 radical (unpaired) electrons. The molecule has 18 nitrogen and oxygen atoms in total. The summed E-state index contributed by atoms with van der Waals surface area (Å²) in [5.41, 5.74) is 16.1. The second-order valence-electron chi connectivity index (χ2n) is 10.8. The van der Waals surface area contributed by atoms with E-state index in [1.165, 1.54) is 0 Å². The van der Waals surface area contributed by atoms with Crippen molar-refractivity contribution >= 4 is 0 Å². The van der Waals surface area contributed by atoms with Crippen LogP contribution in [0.4, 0.5) is 0 Å². The molecule has 0 aromatic heterocycles. The van der Waals surface area contributed by atoms with Crippen molar-refractivity contribution in [3.05, 3.63) is 0 Å². The van der Waals surface area contributed by atoms with Gasteiger partial charge in [-0.1, -0.05) is 0 Å². The van der Waals surface area contributed by atoms with Crippen LogP contribution in [0.15, 0.2) is 0 Å². The molecule has 6 N–H and O–H groups in total. The fraction of sp³-hybridized carbons (Fsp3) is 1.00. The van der Waals surface area contributed by atoms with Crippen LogP contribution in [-0.2, 0) is 71.1 Å². The summed E-state index contributed by atoms with van der Waals surface area (Å²) < 4.78 is 82.8. The van der Waals surface area contributed by atoms with Crippen LogP contribution in [0.3, 0.4) is 0 Å². The maximum Gasteiger partial charge on any atom is 0.0701 e. The summed E-state index contributed by atoms with van der Waals surface area (Å²) in [6.45, 7) is 16.4. The lowest BCUT2D eigenvalue weighted by Gasteiger charge is -2.18. The fourth-order valence-corrected chi connectivity index (χ4v) is 3.78. The van der Waals surface area contributed by atoms with E-state index in [0.29, 0.717) is 218 Å². The zero-order valence-electron chi connectivity index (χ0n) is 31.8. The summed E-state index contributed by atoms with van der Waals surface area (Å²) in [5.74, 6) is 0.0390. The van der Waals surface area contributed by atoms with Crippen LogP contribution in [0, 0.1) is 5.92 Å². The highest BCUT2D eigenvalue weighted by molar-refractivity contribution is 4.57. The molecule has 0 bridgehead atoms. The fourth-order valence-electron chi connectivity index (χ4n) is 3.78. The van der Waals surface area contributed by atoms with Gasteiger partial charge in [-0.3, -0.25) is 0 Å². The van der Waals surface area contributed by atoms with Gasteiger partial charge in [0.1, 0.15) is 0 Å². The van der Waals surface area contributed by atoms with Crippen molar-refractivity contribution < 1.29 is 71.1 Å². The third-order valence-electron chi connectivity index (χ3n) is 6.31. The molecule has 0 aromatic rings. The highest BCUT2D eigenvalue weighted by atomic mass is 16.6. The van der Waals surface area contributed by atoms with E-state index >= 15 is 0 Å². The van der Waals surface area contributed by atoms with Crippen LogP contribution in [0.25, 0.3) is 0 Å². The molecule has 0 spiro atoms. The Morgan fingerprint density at radius 3 is 0.481 bits per heavy atom. The second kappa shape index (κ2) is 48.3. The molecule has 0 rings (SSSR count). The Morgan fingerprint density at radius 2 is 0.327 bits per heavy atom. The topological polar surface area (TPSA) is 217 Å². The van der Waals surface area contributed by atoms with E-state index in [1.54, 1.807) is 0 Å². The minimum absolute atomic E-state index is 0.0390. The molecule has 0 aromatic carbocycles. The Hall–Kier alpha value is -0.720. The summed E-state index contributed by atoms with van der Waals surface area (Å²) in [4.78, 5) is 0. The van der Waals surface area contributed by atoms with E-state index in [2.05, 4.69) is 0 Å². The molecule has 314 valence electrons. The molecular formula is C34H73N3O15. The van der Waals surface area contributed by atoms with Gasteiger partial charge in [-0.15, -0.1) is 0 Å². The molecule has 0 atom stereocenters. The van der Waals surface area contributed by atoms with Crippen molar-refractivity contribution in [1.29, 1.82) is 0 Å². The molecule has 52 heavy (non-hydrogen) atoms. The highest BCUT2D eigenvalue weighted by Gasteiger charge is 2.11. The monoisotopic (exact) mass is 764 g/mol.